The van der Waals surface area contributed by atoms with E-state index in [-0.39, 0.29) is 19.1 Å². The zero-order chi connectivity index (χ0) is 20.4. The fourth-order valence-electron chi connectivity index (χ4n) is 3.67. The molecule has 0 bridgehead atoms. The summed E-state index contributed by atoms with van der Waals surface area (Å²) in [6.45, 7) is 0. The molecule has 7 heteroatoms. The SMILES string of the molecule is [CH3-].[Cl][Ru+3].[NH-]C(c1ccccc1)C([N-]S(=O)(=O)CC1CCCCC1)c1ccccc1. The number of benzene rings is 2. The van der Waals surface area contributed by atoms with Crippen molar-refractivity contribution in [2.45, 2.75) is 44.2 Å². The minimum atomic E-state index is -3.58. The Bertz CT molecular complexity index is 785. The van der Waals surface area contributed by atoms with Crippen molar-refractivity contribution in [3.8, 4) is 0 Å². The summed E-state index contributed by atoms with van der Waals surface area (Å²) in [5.41, 5.74) is 10.2. The molecule has 0 saturated heterocycles. The average Bonchev–Trinajstić information content (AvgIpc) is 2.75. The first-order chi connectivity index (χ1) is 13.6. The number of sulfonamides is 1. The molecule has 0 radical (unpaired) electrons. The summed E-state index contributed by atoms with van der Waals surface area (Å²) in [4.78, 5) is 0. The van der Waals surface area contributed by atoms with Crippen LogP contribution in [0.4, 0.5) is 0 Å². The van der Waals surface area contributed by atoms with E-state index in [1.54, 1.807) is 0 Å². The molecule has 1 aliphatic rings. The van der Waals surface area contributed by atoms with Crippen LogP contribution in [0.3, 0.4) is 0 Å². The maximum atomic E-state index is 12.8. The quantitative estimate of drug-likeness (QED) is 0.292. The number of hydrogen-bond donors (Lipinski definition) is 0. The summed E-state index contributed by atoms with van der Waals surface area (Å²) >= 11 is 1.82. The first kappa shape index (κ1) is 26.3. The minimum absolute atomic E-state index is 0. The van der Waals surface area contributed by atoms with Gasteiger partial charge in [0, 0.05) is 5.75 Å². The summed E-state index contributed by atoms with van der Waals surface area (Å²) in [6.07, 6.45) is 5.34. The molecule has 4 nitrogen and oxygen atoms in total. The molecule has 160 valence electrons. The Morgan fingerprint density at radius 2 is 1.41 bits per heavy atom. The first-order valence-electron chi connectivity index (χ1n) is 9.44. The monoisotopic (exact) mass is 522 g/mol. The molecule has 1 N–H and O–H groups in total. The van der Waals surface area contributed by atoms with Crippen LogP contribution in [0.5, 0.6) is 0 Å². The van der Waals surface area contributed by atoms with Gasteiger partial charge in [0.05, 0.1) is 10.0 Å². The van der Waals surface area contributed by atoms with Crippen molar-refractivity contribution in [2.24, 2.45) is 5.92 Å². The van der Waals surface area contributed by atoms with E-state index in [9.17, 15) is 8.42 Å². The zero-order valence-electron chi connectivity index (χ0n) is 16.7. The van der Waals surface area contributed by atoms with Gasteiger partial charge in [-0.2, -0.15) is 0 Å². The topological polar surface area (TPSA) is 72.0 Å². The van der Waals surface area contributed by atoms with E-state index >= 15 is 0 Å². The third-order valence-corrected chi connectivity index (χ3v) is 6.50. The van der Waals surface area contributed by atoms with Gasteiger partial charge in [-0.3, -0.25) is 0 Å². The van der Waals surface area contributed by atoms with Crippen LogP contribution in [-0.2, 0) is 27.3 Å². The summed E-state index contributed by atoms with van der Waals surface area (Å²) in [5.74, 6) is 0.313. The Balaban J connectivity index is 0.00000136. The molecule has 0 aliphatic heterocycles. The van der Waals surface area contributed by atoms with Crippen molar-refractivity contribution in [3.05, 3.63) is 89.7 Å². The van der Waals surface area contributed by atoms with Gasteiger partial charge >= 0.3 is 27.0 Å². The number of nitrogens with one attached hydrogen (secondary N) is 1. The van der Waals surface area contributed by atoms with Crippen molar-refractivity contribution in [1.29, 1.82) is 0 Å². The molecule has 0 aromatic heterocycles. The van der Waals surface area contributed by atoms with Gasteiger partial charge in [0.25, 0.3) is 0 Å². The van der Waals surface area contributed by atoms with E-state index in [2.05, 4.69) is 14.4 Å². The molecule has 1 saturated carbocycles. The number of hydrogen-bond acceptors (Lipinski definition) is 2. The molecule has 0 heterocycles. The summed E-state index contributed by atoms with van der Waals surface area (Å²) in [7, 11) is 0.992. The molecule has 2 unspecified atom stereocenters. The van der Waals surface area contributed by atoms with E-state index in [1.807, 2.05) is 78.0 Å². The predicted molar refractivity (Wildman–Crippen MR) is 119 cm³/mol. The molecular formula is C22H29ClN2O2RuS. The first-order valence-corrected chi connectivity index (χ1v) is 13.3. The van der Waals surface area contributed by atoms with Gasteiger partial charge in [-0.15, -0.1) is 12.1 Å². The van der Waals surface area contributed by atoms with Crippen LogP contribution in [0.2, 0.25) is 0 Å². The molecule has 1 fully saturated rings. The second-order valence-corrected chi connectivity index (χ2v) is 8.81. The summed E-state index contributed by atoms with van der Waals surface area (Å²) in [6, 6.07) is 17.2. The molecule has 29 heavy (non-hydrogen) atoms. The van der Waals surface area contributed by atoms with E-state index in [0.29, 0.717) is 0 Å². The van der Waals surface area contributed by atoms with E-state index in [0.717, 1.165) is 36.8 Å². The molecule has 2 aromatic rings. The van der Waals surface area contributed by atoms with Crippen LogP contribution in [0, 0.1) is 13.3 Å². The number of rotatable bonds is 7. The average molecular weight is 522 g/mol. The van der Waals surface area contributed by atoms with Gasteiger partial charge in [-0.1, -0.05) is 91.1 Å². The van der Waals surface area contributed by atoms with Crippen molar-refractivity contribution in [2.75, 3.05) is 5.75 Å². The Hall–Kier alpha value is -0.777. The van der Waals surface area contributed by atoms with Crippen LogP contribution >= 0.6 is 9.69 Å². The zero-order valence-corrected chi connectivity index (χ0v) is 20.0. The minimum Gasteiger partial charge on any atom is -0.672 e. The molecule has 0 amide bonds. The van der Waals surface area contributed by atoms with Crippen molar-refractivity contribution in [3.63, 3.8) is 0 Å². The molecule has 1 aliphatic carbocycles. The van der Waals surface area contributed by atoms with Crippen LogP contribution in [-0.4, -0.2) is 14.2 Å². The Morgan fingerprint density at radius 1 is 0.931 bits per heavy atom. The fraction of sp³-hybridized carbons (Fsp3) is 0.409. The van der Waals surface area contributed by atoms with Crippen molar-refractivity contribution in [1.82, 2.24) is 0 Å². The largest absolute Gasteiger partial charge is 0.672 e. The predicted octanol–water partition coefficient (Wildman–Crippen LogP) is 6.94. The van der Waals surface area contributed by atoms with Crippen molar-refractivity contribution < 1.29 is 25.7 Å². The van der Waals surface area contributed by atoms with Crippen LogP contribution in [0.1, 0.15) is 55.3 Å². The van der Waals surface area contributed by atoms with E-state index < -0.39 is 22.1 Å². The maximum absolute atomic E-state index is 12.8. The molecule has 2 aromatic carbocycles. The van der Waals surface area contributed by atoms with Crippen LogP contribution in [0.15, 0.2) is 60.7 Å². The van der Waals surface area contributed by atoms with E-state index in [4.69, 9.17) is 5.73 Å². The summed E-state index contributed by atoms with van der Waals surface area (Å²) in [5, 5.41) is 0. The Morgan fingerprint density at radius 3 is 1.93 bits per heavy atom. The summed E-state index contributed by atoms with van der Waals surface area (Å²) < 4.78 is 29.8. The number of halogens is 1. The molecule has 2 atom stereocenters. The van der Waals surface area contributed by atoms with E-state index in [1.165, 1.54) is 6.42 Å². The third kappa shape index (κ3) is 8.47. The van der Waals surface area contributed by atoms with Crippen molar-refractivity contribution >= 4 is 19.7 Å². The maximum Gasteiger partial charge on any atom is 0.0728 e. The smallest absolute Gasteiger partial charge is 0.0728 e. The van der Waals surface area contributed by atoms with Crippen LogP contribution < -0.4 is 0 Å². The third-order valence-electron chi connectivity index (χ3n) is 5.06. The van der Waals surface area contributed by atoms with Gasteiger partial charge in [0.1, 0.15) is 0 Å². The molecular weight excluding hydrogens is 493 g/mol. The molecule has 3 rings (SSSR count). The normalized spacial score (nSPS) is 16.6. The Labute approximate surface area is 190 Å². The van der Waals surface area contributed by atoms with Gasteiger partial charge in [0.15, 0.2) is 0 Å². The standard InChI is InChI=1S/C21H26N2O2S.CH3.ClH.Ru/c22-20(18-12-6-2-7-13-18)21(19-14-8-3-9-15-19)23-26(24,25)16-17-10-4-1-5-11-17;;;/h2-3,6-9,12-15,17,20-22H,1,4-5,10-11,16H2;1H3;1H;/q-2;-1;;+4/p-1. The van der Waals surface area contributed by atoms with Gasteiger partial charge < -0.3 is 17.9 Å². The molecule has 0 spiro atoms. The van der Waals surface area contributed by atoms with Gasteiger partial charge in [-0.25, -0.2) is 8.42 Å². The van der Waals surface area contributed by atoms with Gasteiger partial charge in [0.2, 0.25) is 0 Å². The Kier molecular flexibility index (Phi) is 12.2. The number of nitrogens with zero attached hydrogens (tertiary/aromatic N) is 1. The second kappa shape index (κ2) is 13.5. The second-order valence-electron chi connectivity index (χ2n) is 7.10. The van der Waals surface area contributed by atoms with Crippen LogP contribution in [0.25, 0.3) is 10.5 Å². The fourth-order valence-corrected chi connectivity index (χ4v) is 5.28. The van der Waals surface area contributed by atoms with Gasteiger partial charge in [-0.05, 0) is 18.8 Å².